The van der Waals surface area contributed by atoms with Gasteiger partial charge in [0.1, 0.15) is 9.52 Å². The van der Waals surface area contributed by atoms with Gasteiger partial charge in [0.15, 0.2) is 6.29 Å². The highest BCUT2D eigenvalue weighted by atomic mass is 35.5. The molecule has 15 heavy (non-hydrogen) atoms. The summed E-state index contributed by atoms with van der Waals surface area (Å²) in [5.74, 6) is 0. The van der Waals surface area contributed by atoms with Gasteiger partial charge in [0.2, 0.25) is 0 Å². The molecule has 0 saturated heterocycles. The highest BCUT2D eigenvalue weighted by Gasteiger charge is 2.14. The Morgan fingerprint density at radius 2 is 1.07 bits per heavy atom. The van der Waals surface area contributed by atoms with Gasteiger partial charge in [-0.1, -0.05) is 81.2 Å². The molecule has 0 atom stereocenters. The van der Waals surface area contributed by atoms with Gasteiger partial charge >= 0.3 is 0 Å². The average Bonchev–Trinajstić information content (AvgIpc) is 2.23. The van der Waals surface area contributed by atoms with Crippen LogP contribution in [0.4, 0.5) is 0 Å². The Balaban J connectivity index is 5.50. The van der Waals surface area contributed by atoms with E-state index in [1.807, 2.05) is 0 Å². The van der Waals surface area contributed by atoms with Crippen LogP contribution >= 0.6 is 81.2 Å². The van der Waals surface area contributed by atoms with Crippen LogP contribution in [0.3, 0.4) is 0 Å². The van der Waals surface area contributed by atoms with Crippen molar-refractivity contribution in [1.82, 2.24) is 0 Å². The second kappa shape index (κ2) is 7.29. The Hall–Kier alpha value is 0.920. The van der Waals surface area contributed by atoms with E-state index < -0.39 is 0 Å². The van der Waals surface area contributed by atoms with Crippen molar-refractivity contribution in [2.24, 2.45) is 0 Å². The van der Waals surface area contributed by atoms with Crippen molar-refractivity contribution in [1.29, 1.82) is 0 Å². The zero-order valence-electron chi connectivity index (χ0n) is 6.63. The fourth-order valence-corrected chi connectivity index (χ4v) is 1.58. The lowest BCUT2D eigenvalue weighted by Gasteiger charge is -2.02. The molecule has 0 heterocycles. The van der Waals surface area contributed by atoms with Crippen LogP contribution in [0.5, 0.6) is 0 Å². The van der Waals surface area contributed by atoms with Crippen LogP contribution in [-0.4, -0.2) is 6.29 Å². The van der Waals surface area contributed by atoms with Crippen molar-refractivity contribution in [3.63, 3.8) is 0 Å². The van der Waals surface area contributed by atoms with Gasteiger partial charge < -0.3 is 0 Å². The number of allylic oxidation sites excluding steroid dienone is 5. The molecule has 0 aromatic carbocycles. The number of aldehydes is 1. The van der Waals surface area contributed by atoms with Crippen molar-refractivity contribution in [2.75, 3.05) is 0 Å². The average molecular weight is 349 g/mol. The minimum Gasteiger partial charge on any atom is -0.297 e. The first-order chi connectivity index (χ1) is 6.82. The summed E-state index contributed by atoms with van der Waals surface area (Å²) in [5, 5.41) is -1.18. The van der Waals surface area contributed by atoms with Crippen molar-refractivity contribution in [3.8, 4) is 0 Å². The van der Waals surface area contributed by atoms with E-state index in [0.29, 0.717) is 6.29 Å². The van der Waals surface area contributed by atoms with Crippen molar-refractivity contribution in [3.05, 3.63) is 29.7 Å². The molecule has 0 amide bonds. The summed E-state index contributed by atoms with van der Waals surface area (Å²) >= 11 is 38.7. The molecule has 0 aliphatic heterocycles. The van der Waals surface area contributed by atoms with E-state index in [4.69, 9.17) is 81.2 Å². The maximum absolute atomic E-state index is 10.3. The first-order valence-electron chi connectivity index (χ1n) is 3.10. The number of hydrogen-bond donors (Lipinski definition) is 0. The van der Waals surface area contributed by atoms with Crippen molar-refractivity contribution in [2.45, 2.75) is 0 Å². The van der Waals surface area contributed by atoms with Gasteiger partial charge in [0, 0.05) is 0 Å². The number of hydrogen-bond acceptors (Lipinski definition) is 1. The van der Waals surface area contributed by atoms with E-state index in [1.54, 1.807) is 0 Å². The van der Waals surface area contributed by atoms with Gasteiger partial charge in [-0.25, -0.2) is 0 Å². The Kier molecular flexibility index (Phi) is 7.73. The lowest BCUT2D eigenvalue weighted by Crippen LogP contribution is -1.85. The Bertz CT molecular complexity index is 362. The van der Waals surface area contributed by atoms with E-state index in [-0.39, 0.29) is 29.7 Å². The molecule has 84 valence electrons. The molecule has 0 unspecified atom stereocenters. The summed E-state index contributed by atoms with van der Waals surface area (Å²) in [5.41, 5.74) is 0. The molecular weight excluding hydrogens is 348 g/mol. The van der Waals surface area contributed by atoms with Gasteiger partial charge in [-0.2, -0.15) is 0 Å². The quantitative estimate of drug-likeness (QED) is 0.376. The topological polar surface area (TPSA) is 17.1 Å². The number of carbonyl (C=O) groups excluding carboxylic acids is 1. The Morgan fingerprint density at radius 3 is 1.40 bits per heavy atom. The first-order valence-corrected chi connectivity index (χ1v) is 5.74. The van der Waals surface area contributed by atoms with E-state index in [0.717, 1.165) is 0 Å². The molecule has 8 heteroatoms. The maximum Gasteiger partial charge on any atom is 0.162 e. The molecule has 1 nitrogen and oxygen atoms in total. The van der Waals surface area contributed by atoms with Crippen LogP contribution in [0, 0.1) is 0 Å². The fourth-order valence-electron chi connectivity index (χ4n) is 0.432. The summed E-state index contributed by atoms with van der Waals surface area (Å²) < 4.78 is -0.286. The van der Waals surface area contributed by atoms with Crippen LogP contribution in [-0.2, 0) is 4.79 Å². The molecule has 0 aliphatic carbocycles. The third kappa shape index (κ3) is 4.74. The second-order valence-electron chi connectivity index (χ2n) is 1.98. The van der Waals surface area contributed by atoms with Crippen molar-refractivity contribution < 1.29 is 4.79 Å². The molecule has 0 N–H and O–H groups in total. The molecule has 0 spiro atoms. The third-order valence-electron chi connectivity index (χ3n) is 1.06. The zero-order chi connectivity index (χ0) is 12.2. The predicted octanol–water partition coefficient (Wildman–Crippen LogP) is 5.45. The first kappa shape index (κ1) is 15.9. The minimum absolute atomic E-state index is 0.196. The van der Waals surface area contributed by atoms with Crippen LogP contribution in [0.2, 0.25) is 0 Å². The monoisotopic (exact) mass is 346 g/mol. The molecule has 0 fully saturated rings. The van der Waals surface area contributed by atoms with E-state index >= 15 is 0 Å². The lowest BCUT2D eigenvalue weighted by molar-refractivity contribution is -0.104. The largest absolute Gasteiger partial charge is 0.297 e. The van der Waals surface area contributed by atoms with E-state index in [1.165, 1.54) is 0 Å². The maximum atomic E-state index is 10.3. The van der Waals surface area contributed by atoms with Gasteiger partial charge in [-0.15, -0.1) is 0 Å². The van der Waals surface area contributed by atoms with Crippen LogP contribution < -0.4 is 0 Å². The molecule has 0 bridgehead atoms. The Labute approximate surface area is 121 Å². The normalized spacial score (nSPS) is 14.1. The van der Waals surface area contributed by atoms with Crippen LogP contribution in [0.1, 0.15) is 0 Å². The summed E-state index contributed by atoms with van der Waals surface area (Å²) in [7, 11) is 0. The van der Waals surface area contributed by atoms with Gasteiger partial charge in [-0.05, 0) is 0 Å². The van der Waals surface area contributed by atoms with E-state index in [9.17, 15) is 4.79 Å². The van der Waals surface area contributed by atoms with Crippen LogP contribution in [0.25, 0.3) is 0 Å². The SMILES string of the molecule is O=C/C(Cl)=C(Cl)/C(Cl)=C(\Cl)C(Cl)=C(Cl)Cl. The summed E-state index contributed by atoms with van der Waals surface area (Å²) in [6.07, 6.45) is 0.302. The minimum atomic E-state index is -0.310. The summed E-state index contributed by atoms with van der Waals surface area (Å²) in [6.45, 7) is 0. The fraction of sp³-hybridized carbons (Fsp3) is 0. The molecule has 0 aromatic rings. The highest BCUT2D eigenvalue weighted by molar-refractivity contribution is 6.62. The van der Waals surface area contributed by atoms with Crippen molar-refractivity contribution >= 4 is 87.5 Å². The molecule has 0 radical (unpaired) electrons. The molecule has 0 aliphatic rings. The number of rotatable bonds is 3. The predicted molar refractivity (Wildman–Crippen MR) is 68.1 cm³/mol. The highest BCUT2D eigenvalue weighted by Crippen LogP contribution is 2.36. The molecule has 0 saturated carbocycles. The van der Waals surface area contributed by atoms with E-state index in [2.05, 4.69) is 0 Å². The second-order valence-corrected chi connectivity index (χ2v) is 4.85. The van der Waals surface area contributed by atoms with Gasteiger partial charge in [-0.3, -0.25) is 4.79 Å². The van der Waals surface area contributed by atoms with Crippen LogP contribution in [0.15, 0.2) is 29.7 Å². The molecule has 0 rings (SSSR count). The van der Waals surface area contributed by atoms with Gasteiger partial charge in [0.05, 0.1) is 20.1 Å². The lowest BCUT2D eigenvalue weighted by atomic mass is 10.4. The summed E-state index contributed by atoms with van der Waals surface area (Å²) in [4.78, 5) is 10.3. The zero-order valence-corrected chi connectivity index (χ0v) is 11.9. The third-order valence-corrected chi connectivity index (χ3v) is 3.82. The smallest absolute Gasteiger partial charge is 0.162 e. The summed E-state index contributed by atoms with van der Waals surface area (Å²) in [6, 6.07) is 0. The van der Waals surface area contributed by atoms with Gasteiger partial charge in [0.25, 0.3) is 0 Å². The number of carbonyl (C=O) groups is 1. The molecule has 0 aromatic heterocycles. The Morgan fingerprint density at radius 1 is 0.667 bits per heavy atom. The standard InChI is InChI=1S/C7HCl7O/c8-2(1-15)3(9)4(10)5(11)6(12)7(13)14/h1H/b3-2+,5-4+. The molecular formula is C7HCl7O. The number of halogens is 7.